The van der Waals surface area contributed by atoms with Crippen molar-refractivity contribution >= 4 is 28.6 Å². The molecule has 3 N–H and O–H groups in total. The normalized spacial score (nSPS) is 16.9. The first kappa shape index (κ1) is 14.8. The van der Waals surface area contributed by atoms with E-state index in [1.807, 2.05) is 31.1 Å². The maximum Gasteiger partial charge on any atom is 0.226 e. The molecule has 3 rings (SSSR count). The maximum absolute atomic E-state index is 6.06. The molecule has 118 valence electrons. The van der Waals surface area contributed by atoms with Crippen LogP contribution in [0.4, 0.5) is 17.6 Å². The topological polar surface area (TPSA) is 83.2 Å². The summed E-state index contributed by atoms with van der Waals surface area (Å²) in [6.45, 7) is 2.17. The Balaban J connectivity index is 1.87. The number of fused-ring (bicyclic) bond motifs is 1. The molecule has 1 aliphatic heterocycles. The first-order valence-electron chi connectivity index (χ1n) is 7.59. The number of piperidine rings is 1. The zero-order valence-corrected chi connectivity index (χ0v) is 13.4. The number of rotatable bonds is 3. The van der Waals surface area contributed by atoms with Gasteiger partial charge in [-0.15, -0.1) is 0 Å². The summed E-state index contributed by atoms with van der Waals surface area (Å²) >= 11 is 0. The largest absolute Gasteiger partial charge is 0.383 e. The molecule has 0 aliphatic carbocycles. The standard InChI is InChI=1S/C15H23N7/c1-21(2)12-5-4-11-13(16)19-15(20-14(11)18-12)17-10-6-8-22(3)9-7-10/h4-5,10H,6-9H2,1-3H3,(H3,16,17,18,19,20). The average Bonchev–Trinajstić information content (AvgIpc) is 2.49. The van der Waals surface area contributed by atoms with Gasteiger partial charge in [-0.2, -0.15) is 9.97 Å². The number of hydrogen-bond acceptors (Lipinski definition) is 7. The summed E-state index contributed by atoms with van der Waals surface area (Å²) in [7, 11) is 6.06. The summed E-state index contributed by atoms with van der Waals surface area (Å²) in [6.07, 6.45) is 2.17. The minimum Gasteiger partial charge on any atom is -0.383 e. The molecule has 0 unspecified atom stereocenters. The molecule has 2 aromatic heterocycles. The summed E-state index contributed by atoms with van der Waals surface area (Å²) in [5.41, 5.74) is 6.69. The highest BCUT2D eigenvalue weighted by Gasteiger charge is 2.18. The third kappa shape index (κ3) is 3.04. The number of likely N-dealkylation sites (tertiary alicyclic amines) is 1. The Hall–Kier alpha value is -2.15. The van der Waals surface area contributed by atoms with Crippen molar-refractivity contribution in [2.75, 3.05) is 50.2 Å². The average molecular weight is 301 g/mol. The van der Waals surface area contributed by atoms with Crippen LogP contribution in [-0.2, 0) is 0 Å². The van der Waals surface area contributed by atoms with E-state index in [1.165, 1.54) is 0 Å². The van der Waals surface area contributed by atoms with Crippen LogP contribution in [0.2, 0.25) is 0 Å². The van der Waals surface area contributed by atoms with Gasteiger partial charge in [0, 0.05) is 20.1 Å². The van der Waals surface area contributed by atoms with Gasteiger partial charge in [-0.3, -0.25) is 0 Å². The molecule has 0 atom stereocenters. The predicted octanol–water partition coefficient (Wildman–Crippen LogP) is 1.18. The third-order valence-electron chi connectivity index (χ3n) is 4.08. The van der Waals surface area contributed by atoms with Gasteiger partial charge in [-0.25, -0.2) is 4.98 Å². The number of nitrogens with two attached hydrogens (primary N) is 1. The zero-order valence-electron chi connectivity index (χ0n) is 13.4. The van der Waals surface area contributed by atoms with Crippen molar-refractivity contribution in [1.82, 2.24) is 19.9 Å². The first-order chi connectivity index (χ1) is 10.5. The number of nitrogen functional groups attached to an aromatic ring is 1. The molecule has 0 radical (unpaired) electrons. The van der Waals surface area contributed by atoms with Gasteiger partial charge in [0.1, 0.15) is 11.6 Å². The molecule has 0 amide bonds. The molecular formula is C15H23N7. The SMILES string of the molecule is CN1CCC(Nc2nc(N)c3ccc(N(C)C)nc3n2)CC1. The lowest BCUT2D eigenvalue weighted by Crippen LogP contribution is -2.37. The summed E-state index contributed by atoms with van der Waals surface area (Å²) in [6, 6.07) is 4.24. The van der Waals surface area contributed by atoms with Crippen molar-refractivity contribution in [1.29, 1.82) is 0 Å². The van der Waals surface area contributed by atoms with E-state index in [1.54, 1.807) is 0 Å². The molecule has 2 aromatic rings. The minimum atomic E-state index is 0.394. The minimum absolute atomic E-state index is 0.394. The predicted molar refractivity (Wildman–Crippen MR) is 90.2 cm³/mol. The first-order valence-corrected chi connectivity index (χ1v) is 7.59. The molecule has 3 heterocycles. The number of nitrogens with zero attached hydrogens (tertiary/aromatic N) is 5. The number of aromatic nitrogens is 3. The summed E-state index contributed by atoms with van der Waals surface area (Å²) in [5, 5.41) is 4.19. The van der Waals surface area contributed by atoms with E-state index in [4.69, 9.17) is 5.73 Å². The van der Waals surface area contributed by atoms with Crippen LogP contribution in [0.25, 0.3) is 11.0 Å². The van der Waals surface area contributed by atoms with Crippen LogP contribution in [0.3, 0.4) is 0 Å². The molecule has 0 bridgehead atoms. The van der Waals surface area contributed by atoms with Crippen molar-refractivity contribution in [3.8, 4) is 0 Å². The van der Waals surface area contributed by atoms with Gasteiger partial charge < -0.3 is 20.9 Å². The van der Waals surface area contributed by atoms with Crippen LogP contribution in [0.15, 0.2) is 12.1 Å². The smallest absolute Gasteiger partial charge is 0.226 e. The molecule has 1 aliphatic rings. The van der Waals surface area contributed by atoms with Gasteiger partial charge in [-0.05, 0) is 45.1 Å². The van der Waals surface area contributed by atoms with Crippen LogP contribution in [-0.4, -0.2) is 60.1 Å². The van der Waals surface area contributed by atoms with Gasteiger partial charge in [0.15, 0.2) is 5.65 Å². The Bertz CT molecular complexity index is 662. The lowest BCUT2D eigenvalue weighted by molar-refractivity contribution is 0.263. The monoisotopic (exact) mass is 301 g/mol. The highest BCUT2D eigenvalue weighted by molar-refractivity contribution is 5.87. The van der Waals surface area contributed by atoms with Gasteiger partial charge in [-0.1, -0.05) is 0 Å². The van der Waals surface area contributed by atoms with Crippen LogP contribution >= 0.6 is 0 Å². The van der Waals surface area contributed by atoms with E-state index < -0.39 is 0 Å². The van der Waals surface area contributed by atoms with E-state index in [0.29, 0.717) is 23.5 Å². The summed E-state index contributed by atoms with van der Waals surface area (Å²) in [5.74, 6) is 1.90. The lowest BCUT2D eigenvalue weighted by atomic mass is 10.1. The fourth-order valence-corrected chi connectivity index (χ4v) is 2.67. The number of anilines is 3. The fourth-order valence-electron chi connectivity index (χ4n) is 2.67. The molecule has 7 heteroatoms. The number of nitrogens with one attached hydrogen (secondary N) is 1. The Morgan fingerprint density at radius 1 is 1.18 bits per heavy atom. The van der Waals surface area contributed by atoms with Crippen LogP contribution < -0.4 is 16.0 Å². The highest BCUT2D eigenvalue weighted by atomic mass is 15.2. The molecular weight excluding hydrogens is 278 g/mol. The molecule has 0 saturated carbocycles. The Labute approximate surface area is 130 Å². The number of hydrogen-bond donors (Lipinski definition) is 2. The third-order valence-corrected chi connectivity index (χ3v) is 4.08. The van der Waals surface area contributed by atoms with Crippen LogP contribution in [0, 0.1) is 0 Å². The van der Waals surface area contributed by atoms with Gasteiger partial charge >= 0.3 is 0 Å². The maximum atomic E-state index is 6.06. The Morgan fingerprint density at radius 3 is 2.59 bits per heavy atom. The molecule has 1 saturated heterocycles. The fraction of sp³-hybridized carbons (Fsp3) is 0.533. The van der Waals surface area contributed by atoms with Crippen molar-refractivity contribution in [2.24, 2.45) is 0 Å². The van der Waals surface area contributed by atoms with Crippen molar-refractivity contribution < 1.29 is 0 Å². The van der Waals surface area contributed by atoms with Gasteiger partial charge in [0.2, 0.25) is 5.95 Å². The van der Waals surface area contributed by atoms with Crippen molar-refractivity contribution in [2.45, 2.75) is 18.9 Å². The van der Waals surface area contributed by atoms with E-state index in [2.05, 4.69) is 32.2 Å². The van der Waals surface area contributed by atoms with Gasteiger partial charge in [0.25, 0.3) is 0 Å². The van der Waals surface area contributed by atoms with Crippen LogP contribution in [0.1, 0.15) is 12.8 Å². The molecule has 0 spiro atoms. The second-order valence-electron chi connectivity index (χ2n) is 6.09. The van der Waals surface area contributed by atoms with E-state index in [0.717, 1.165) is 37.1 Å². The van der Waals surface area contributed by atoms with E-state index in [9.17, 15) is 0 Å². The van der Waals surface area contributed by atoms with Gasteiger partial charge in [0.05, 0.1) is 5.39 Å². The van der Waals surface area contributed by atoms with Crippen LogP contribution in [0.5, 0.6) is 0 Å². The molecule has 1 fully saturated rings. The Kier molecular flexibility index (Phi) is 3.98. The lowest BCUT2D eigenvalue weighted by Gasteiger charge is -2.29. The second-order valence-corrected chi connectivity index (χ2v) is 6.09. The molecule has 7 nitrogen and oxygen atoms in total. The molecule has 0 aromatic carbocycles. The Morgan fingerprint density at radius 2 is 1.91 bits per heavy atom. The summed E-state index contributed by atoms with van der Waals surface area (Å²) < 4.78 is 0. The summed E-state index contributed by atoms with van der Waals surface area (Å²) in [4.78, 5) is 17.7. The molecule has 22 heavy (non-hydrogen) atoms. The second kappa shape index (κ2) is 5.92. The highest BCUT2D eigenvalue weighted by Crippen LogP contribution is 2.22. The van der Waals surface area contributed by atoms with E-state index >= 15 is 0 Å². The van der Waals surface area contributed by atoms with Crippen molar-refractivity contribution in [3.05, 3.63) is 12.1 Å². The number of pyridine rings is 1. The van der Waals surface area contributed by atoms with Crippen molar-refractivity contribution in [3.63, 3.8) is 0 Å². The quantitative estimate of drug-likeness (QED) is 0.880. The van der Waals surface area contributed by atoms with E-state index in [-0.39, 0.29) is 0 Å². The zero-order chi connectivity index (χ0) is 15.7.